The van der Waals surface area contributed by atoms with Gasteiger partial charge in [0.15, 0.2) is 0 Å². The third-order valence-corrected chi connectivity index (χ3v) is 5.75. The van der Waals surface area contributed by atoms with Crippen LogP contribution in [0.5, 0.6) is 0 Å². The molecule has 0 unspecified atom stereocenters. The lowest BCUT2D eigenvalue weighted by atomic mass is 10.1. The number of rotatable bonds is 8. The van der Waals surface area contributed by atoms with Gasteiger partial charge in [0.05, 0.1) is 11.9 Å². The van der Waals surface area contributed by atoms with Crippen molar-refractivity contribution in [2.24, 2.45) is 0 Å². The van der Waals surface area contributed by atoms with E-state index in [1.54, 1.807) is 0 Å². The molecule has 1 fully saturated rings. The Morgan fingerprint density at radius 3 is 2.42 bits per heavy atom. The molecule has 2 heterocycles. The van der Waals surface area contributed by atoms with Crippen molar-refractivity contribution >= 4 is 17.4 Å². The van der Waals surface area contributed by atoms with E-state index >= 15 is 0 Å². The van der Waals surface area contributed by atoms with E-state index < -0.39 is 6.04 Å². The highest BCUT2D eigenvalue weighted by molar-refractivity contribution is 5.94. The second kappa shape index (κ2) is 10.2. The quantitative estimate of drug-likeness (QED) is 0.570. The van der Waals surface area contributed by atoms with Crippen molar-refractivity contribution in [3.63, 3.8) is 0 Å². The number of hydrogen-bond acceptors (Lipinski definition) is 4. The number of pyridine rings is 1. The average Bonchev–Trinajstić information content (AvgIpc) is 3.34. The molecule has 2 aromatic carbocycles. The van der Waals surface area contributed by atoms with E-state index in [4.69, 9.17) is 0 Å². The summed E-state index contributed by atoms with van der Waals surface area (Å²) in [4.78, 5) is 19.9. The molecule has 0 spiro atoms. The summed E-state index contributed by atoms with van der Waals surface area (Å²) in [6, 6.07) is 21.8. The van der Waals surface area contributed by atoms with Crippen LogP contribution in [0, 0.1) is 6.92 Å². The SMILES string of the molecule is Cc1ccc(CCN[C@H](C(=O)Nc2ccc(N3CCCC3)cn2)c2ccccc2)cc1. The van der Waals surface area contributed by atoms with Crippen molar-refractivity contribution in [1.82, 2.24) is 10.3 Å². The molecule has 4 rings (SSSR count). The maximum absolute atomic E-state index is 13.1. The molecule has 1 amide bonds. The van der Waals surface area contributed by atoms with Crippen LogP contribution >= 0.6 is 0 Å². The molecule has 5 heteroatoms. The van der Waals surface area contributed by atoms with Gasteiger partial charge in [-0.05, 0) is 49.4 Å². The lowest BCUT2D eigenvalue weighted by Crippen LogP contribution is -2.34. The molecule has 0 aliphatic carbocycles. The number of aryl methyl sites for hydroxylation is 1. The summed E-state index contributed by atoms with van der Waals surface area (Å²) in [5.41, 5.74) is 4.56. The molecule has 3 aromatic rings. The number of carbonyl (C=O) groups excluding carboxylic acids is 1. The Balaban J connectivity index is 1.40. The summed E-state index contributed by atoms with van der Waals surface area (Å²) in [6.45, 7) is 4.95. The average molecular weight is 415 g/mol. The van der Waals surface area contributed by atoms with Gasteiger partial charge in [0.2, 0.25) is 5.91 Å². The van der Waals surface area contributed by atoms with E-state index in [2.05, 4.69) is 51.7 Å². The van der Waals surface area contributed by atoms with Gasteiger partial charge in [-0.1, -0.05) is 60.2 Å². The summed E-state index contributed by atoms with van der Waals surface area (Å²) in [5, 5.41) is 6.41. The zero-order valence-electron chi connectivity index (χ0n) is 18.1. The van der Waals surface area contributed by atoms with E-state index in [1.807, 2.05) is 48.7 Å². The van der Waals surface area contributed by atoms with E-state index in [-0.39, 0.29) is 5.91 Å². The molecule has 1 aliphatic rings. The van der Waals surface area contributed by atoms with Gasteiger partial charge in [-0.3, -0.25) is 4.79 Å². The van der Waals surface area contributed by atoms with Crippen LogP contribution in [0.4, 0.5) is 11.5 Å². The third kappa shape index (κ3) is 5.70. The highest BCUT2D eigenvalue weighted by atomic mass is 16.2. The molecule has 1 atom stereocenters. The van der Waals surface area contributed by atoms with E-state index in [0.29, 0.717) is 12.4 Å². The van der Waals surface area contributed by atoms with Gasteiger partial charge in [0.1, 0.15) is 11.9 Å². The van der Waals surface area contributed by atoms with Crippen LogP contribution in [0.3, 0.4) is 0 Å². The van der Waals surface area contributed by atoms with Gasteiger partial charge in [0, 0.05) is 19.6 Å². The maximum atomic E-state index is 13.1. The first-order chi connectivity index (χ1) is 15.2. The Bertz CT molecular complexity index is 965. The fraction of sp³-hybridized carbons (Fsp3) is 0.308. The van der Waals surface area contributed by atoms with Crippen LogP contribution in [0.15, 0.2) is 72.9 Å². The monoisotopic (exact) mass is 414 g/mol. The molecule has 0 radical (unpaired) electrons. The minimum absolute atomic E-state index is 0.100. The number of benzene rings is 2. The molecule has 1 saturated heterocycles. The highest BCUT2D eigenvalue weighted by Gasteiger charge is 2.20. The van der Waals surface area contributed by atoms with Crippen molar-refractivity contribution in [3.8, 4) is 0 Å². The Kier molecular flexibility index (Phi) is 6.95. The van der Waals surface area contributed by atoms with Gasteiger partial charge in [-0.25, -0.2) is 4.98 Å². The Labute approximate surface area is 184 Å². The van der Waals surface area contributed by atoms with Crippen LogP contribution in [0.25, 0.3) is 0 Å². The van der Waals surface area contributed by atoms with Gasteiger partial charge in [0.25, 0.3) is 0 Å². The predicted molar refractivity (Wildman–Crippen MR) is 126 cm³/mol. The normalized spacial score (nSPS) is 14.4. The first-order valence-electron chi connectivity index (χ1n) is 11.0. The molecule has 1 aliphatic heterocycles. The van der Waals surface area contributed by atoms with E-state index in [9.17, 15) is 4.79 Å². The van der Waals surface area contributed by atoms with Gasteiger partial charge < -0.3 is 15.5 Å². The number of carbonyl (C=O) groups is 1. The molecule has 0 bridgehead atoms. The molecular weight excluding hydrogens is 384 g/mol. The Morgan fingerprint density at radius 1 is 1.00 bits per heavy atom. The summed E-state index contributed by atoms with van der Waals surface area (Å²) in [5.74, 6) is 0.478. The van der Waals surface area contributed by atoms with Gasteiger partial charge >= 0.3 is 0 Å². The van der Waals surface area contributed by atoms with Gasteiger partial charge in [-0.15, -0.1) is 0 Å². The smallest absolute Gasteiger partial charge is 0.247 e. The third-order valence-electron chi connectivity index (χ3n) is 5.75. The fourth-order valence-electron chi connectivity index (χ4n) is 3.94. The Hall–Kier alpha value is -3.18. The first-order valence-corrected chi connectivity index (χ1v) is 11.0. The predicted octanol–water partition coefficient (Wildman–Crippen LogP) is 4.50. The highest BCUT2D eigenvalue weighted by Crippen LogP contribution is 2.21. The zero-order valence-corrected chi connectivity index (χ0v) is 18.1. The number of amides is 1. The summed E-state index contributed by atoms with van der Waals surface area (Å²) >= 11 is 0. The van der Waals surface area contributed by atoms with Crippen LogP contribution in [-0.4, -0.2) is 30.5 Å². The maximum Gasteiger partial charge on any atom is 0.247 e. The molecule has 31 heavy (non-hydrogen) atoms. The van der Waals surface area contributed by atoms with E-state index in [0.717, 1.165) is 30.8 Å². The summed E-state index contributed by atoms with van der Waals surface area (Å²) in [7, 11) is 0. The Morgan fingerprint density at radius 2 is 1.74 bits per heavy atom. The molecule has 1 aromatic heterocycles. The van der Waals surface area contributed by atoms with Crippen molar-refractivity contribution < 1.29 is 4.79 Å². The largest absolute Gasteiger partial charge is 0.370 e. The fourth-order valence-corrected chi connectivity index (χ4v) is 3.94. The molecule has 0 saturated carbocycles. The number of hydrogen-bond donors (Lipinski definition) is 2. The first kappa shape index (κ1) is 21.1. The lowest BCUT2D eigenvalue weighted by molar-refractivity contribution is -0.118. The second-order valence-electron chi connectivity index (χ2n) is 8.12. The topological polar surface area (TPSA) is 57.3 Å². The summed E-state index contributed by atoms with van der Waals surface area (Å²) < 4.78 is 0. The lowest BCUT2D eigenvalue weighted by Gasteiger charge is -2.20. The standard InChI is InChI=1S/C26H30N4O/c1-20-9-11-21(12-10-20)15-16-27-25(22-7-3-2-4-8-22)26(31)29-24-14-13-23(19-28-24)30-17-5-6-18-30/h2-4,7-14,19,25,27H,5-6,15-18H2,1H3,(H,28,29,31)/t25-/m0/s1. The molecule has 2 N–H and O–H groups in total. The van der Waals surface area contributed by atoms with Crippen molar-refractivity contribution in [3.05, 3.63) is 89.6 Å². The van der Waals surface area contributed by atoms with Crippen LogP contribution < -0.4 is 15.5 Å². The number of aromatic nitrogens is 1. The summed E-state index contributed by atoms with van der Waals surface area (Å²) in [6.07, 6.45) is 5.17. The van der Waals surface area contributed by atoms with E-state index in [1.165, 1.54) is 24.0 Å². The van der Waals surface area contributed by atoms with Crippen molar-refractivity contribution in [2.45, 2.75) is 32.2 Å². The number of anilines is 2. The molecule has 160 valence electrons. The van der Waals surface area contributed by atoms with Crippen LogP contribution in [-0.2, 0) is 11.2 Å². The van der Waals surface area contributed by atoms with Crippen molar-refractivity contribution in [1.29, 1.82) is 0 Å². The minimum Gasteiger partial charge on any atom is -0.370 e. The number of nitrogens with one attached hydrogen (secondary N) is 2. The van der Waals surface area contributed by atoms with Crippen LogP contribution in [0.1, 0.15) is 35.6 Å². The second-order valence-corrected chi connectivity index (χ2v) is 8.12. The number of nitrogens with zero attached hydrogens (tertiary/aromatic N) is 2. The molecular formula is C26H30N4O. The molecule has 5 nitrogen and oxygen atoms in total. The van der Waals surface area contributed by atoms with Gasteiger partial charge in [-0.2, -0.15) is 0 Å². The van der Waals surface area contributed by atoms with Crippen LogP contribution in [0.2, 0.25) is 0 Å². The van der Waals surface area contributed by atoms with Crippen molar-refractivity contribution in [2.75, 3.05) is 29.9 Å². The minimum atomic E-state index is -0.438. The zero-order chi connectivity index (χ0) is 21.5.